The lowest BCUT2D eigenvalue weighted by molar-refractivity contribution is 0.590. The Hall–Kier alpha value is -0.630. The summed E-state index contributed by atoms with van der Waals surface area (Å²) in [4.78, 5) is 1.31. The highest BCUT2D eigenvalue weighted by molar-refractivity contribution is 7.98. The van der Waals surface area contributed by atoms with Gasteiger partial charge in [0.1, 0.15) is 0 Å². The lowest BCUT2D eigenvalue weighted by Crippen LogP contribution is -2.11. The fourth-order valence-corrected chi connectivity index (χ4v) is 1.95. The fourth-order valence-electron chi connectivity index (χ4n) is 1.37. The largest absolute Gasteiger partial charge is 0.387 e. The summed E-state index contributed by atoms with van der Waals surface area (Å²) >= 11 is 1.78. The Morgan fingerprint density at radius 3 is 2.29 bits per heavy atom. The second-order valence-electron chi connectivity index (χ2n) is 4.42. The van der Waals surface area contributed by atoms with E-state index in [-0.39, 0.29) is 5.41 Å². The molecular formula is C12H19NS. The van der Waals surface area contributed by atoms with Crippen molar-refractivity contribution in [3.63, 3.8) is 0 Å². The van der Waals surface area contributed by atoms with Crippen molar-refractivity contribution < 1.29 is 0 Å². The molecule has 2 heteroatoms. The van der Waals surface area contributed by atoms with Crippen LogP contribution in [0.4, 0.5) is 5.69 Å². The summed E-state index contributed by atoms with van der Waals surface area (Å²) in [5, 5.41) is 3.24. The Morgan fingerprint density at radius 2 is 1.86 bits per heavy atom. The number of rotatable bonds is 2. The number of hydrogen-bond acceptors (Lipinski definition) is 2. The summed E-state index contributed by atoms with van der Waals surface area (Å²) < 4.78 is 0. The first kappa shape index (κ1) is 11.4. The van der Waals surface area contributed by atoms with Gasteiger partial charge in [-0.15, -0.1) is 11.8 Å². The Labute approximate surface area is 91.3 Å². The minimum absolute atomic E-state index is 0.225. The zero-order valence-corrected chi connectivity index (χ0v) is 10.5. The SMILES string of the molecule is CNc1cc(C(C)(C)C)ccc1SC. The van der Waals surface area contributed by atoms with Gasteiger partial charge in [0.15, 0.2) is 0 Å². The Morgan fingerprint density at radius 1 is 1.21 bits per heavy atom. The zero-order chi connectivity index (χ0) is 10.8. The summed E-state index contributed by atoms with van der Waals surface area (Å²) in [5.41, 5.74) is 2.83. The molecular weight excluding hydrogens is 190 g/mol. The number of nitrogens with one attached hydrogen (secondary N) is 1. The lowest BCUT2D eigenvalue weighted by Gasteiger charge is -2.20. The fraction of sp³-hybridized carbons (Fsp3) is 0.500. The van der Waals surface area contributed by atoms with Crippen molar-refractivity contribution in [3.05, 3.63) is 23.8 Å². The third-order valence-electron chi connectivity index (χ3n) is 2.33. The van der Waals surface area contributed by atoms with Crippen LogP contribution >= 0.6 is 11.8 Å². The van der Waals surface area contributed by atoms with Crippen molar-refractivity contribution in [2.75, 3.05) is 18.6 Å². The van der Waals surface area contributed by atoms with Gasteiger partial charge in [0.2, 0.25) is 0 Å². The van der Waals surface area contributed by atoms with Gasteiger partial charge in [-0.25, -0.2) is 0 Å². The van der Waals surface area contributed by atoms with E-state index in [1.165, 1.54) is 16.1 Å². The predicted octanol–water partition coefficient (Wildman–Crippen LogP) is 3.75. The molecule has 0 fully saturated rings. The van der Waals surface area contributed by atoms with Crippen molar-refractivity contribution in [1.29, 1.82) is 0 Å². The molecule has 0 unspecified atom stereocenters. The molecule has 0 aliphatic carbocycles. The molecule has 1 nitrogen and oxygen atoms in total. The molecule has 0 saturated carbocycles. The topological polar surface area (TPSA) is 12.0 Å². The molecule has 0 heterocycles. The van der Waals surface area contributed by atoms with Crippen molar-refractivity contribution in [2.24, 2.45) is 0 Å². The normalized spacial score (nSPS) is 11.5. The molecule has 0 aliphatic heterocycles. The van der Waals surface area contributed by atoms with E-state index in [0.29, 0.717) is 0 Å². The summed E-state index contributed by atoms with van der Waals surface area (Å²) in [7, 11) is 1.97. The minimum Gasteiger partial charge on any atom is -0.387 e. The van der Waals surface area contributed by atoms with Gasteiger partial charge in [-0.05, 0) is 29.4 Å². The van der Waals surface area contributed by atoms with Crippen LogP contribution in [0.3, 0.4) is 0 Å². The summed E-state index contributed by atoms with van der Waals surface area (Å²) in [6, 6.07) is 6.65. The Bertz CT molecular complexity index is 313. The van der Waals surface area contributed by atoms with Crippen molar-refractivity contribution >= 4 is 17.4 Å². The number of thioether (sulfide) groups is 1. The lowest BCUT2D eigenvalue weighted by atomic mass is 9.87. The van der Waals surface area contributed by atoms with E-state index < -0.39 is 0 Å². The molecule has 78 valence electrons. The molecule has 0 aromatic heterocycles. The average molecular weight is 209 g/mol. The molecule has 0 aliphatic rings. The van der Waals surface area contributed by atoms with Crippen LogP contribution in [0, 0.1) is 0 Å². The van der Waals surface area contributed by atoms with Crippen molar-refractivity contribution in [3.8, 4) is 0 Å². The van der Waals surface area contributed by atoms with E-state index in [1.54, 1.807) is 11.8 Å². The molecule has 0 bridgehead atoms. The van der Waals surface area contributed by atoms with E-state index in [2.05, 4.69) is 50.5 Å². The van der Waals surface area contributed by atoms with E-state index >= 15 is 0 Å². The molecule has 0 amide bonds. The first-order valence-corrected chi connectivity index (χ1v) is 6.08. The monoisotopic (exact) mass is 209 g/mol. The molecule has 1 aromatic carbocycles. The van der Waals surface area contributed by atoms with Crippen LogP contribution < -0.4 is 5.32 Å². The molecule has 1 aromatic rings. The van der Waals surface area contributed by atoms with Gasteiger partial charge in [0, 0.05) is 17.6 Å². The van der Waals surface area contributed by atoms with Crippen LogP contribution in [0.5, 0.6) is 0 Å². The third-order valence-corrected chi connectivity index (χ3v) is 3.13. The van der Waals surface area contributed by atoms with Gasteiger partial charge < -0.3 is 5.32 Å². The Kier molecular flexibility index (Phi) is 3.48. The van der Waals surface area contributed by atoms with Crippen molar-refractivity contribution in [1.82, 2.24) is 0 Å². The molecule has 1 rings (SSSR count). The molecule has 14 heavy (non-hydrogen) atoms. The molecule has 0 spiro atoms. The van der Waals surface area contributed by atoms with Crippen LogP contribution in [0.25, 0.3) is 0 Å². The van der Waals surface area contributed by atoms with Crippen molar-refractivity contribution in [2.45, 2.75) is 31.1 Å². The van der Waals surface area contributed by atoms with Crippen LogP contribution in [0.2, 0.25) is 0 Å². The molecule has 0 atom stereocenters. The maximum atomic E-state index is 3.24. The number of benzene rings is 1. The molecule has 1 N–H and O–H groups in total. The third kappa shape index (κ3) is 2.44. The zero-order valence-electron chi connectivity index (χ0n) is 9.64. The average Bonchev–Trinajstić information content (AvgIpc) is 2.15. The summed E-state index contributed by atoms with van der Waals surface area (Å²) in [6.07, 6.45) is 2.10. The minimum atomic E-state index is 0.225. The van der Waals surface area contributed by atoms with Crippen LogP contribution in [-0.4, -0.2) is 13.3 Å². The smallest absolute Gasteiger partial charge is 0.0478 e. The van der Waals surface area contributed by atoms with E-state index in [9.17, 15) is 0 Å². The van der Waals surface area contributed by atoms with E-state index in [1.807, 2.05) is 7.05 Å². The maximum absolute atomic E-state index is 3.24. The van der Waals surface area contributed by atoms with Gasteiger partial charge in [-0.1, -0.05) is 26.8 Å². The highest BCUT2D eigenvalue weighted by atomic mass is 32.2. The second-order valence-corrected chi connectivity index (χ2v) is 5.26. The standard InChI is InChI=1S/C12H19NS/c1-12(2,3)9-6-7-11(14-5)10(8-9)13-4/h6-8,13H,1-5H3. The number of hydrogen-bond donors (Lipinski definition) is 1. The number of anilines is 1. The predicted molar refractivity (Wildman–Crippen MR) is 66.5 cm³/mol. The first-order chi connectivity index (χ1) is 6.49. The highest BCUT2D eigenvalue weighted by Crippen LogP contribution is 2.31. The summed E-state index contributed by atoms with van der Waals surface area (Å²) in [5.74, 6) is 0. The van der Waals surface area contributed by atoms with Crippen LogP contribution in [0.1, 0.15) is 26.3 Å². The quantitative estimate of drug-likeness (QED) is 0.745. The highest BCUT2D eigenvalue weighted by Gasteiger charge is 2.14. The maximum Gasteiger partial charge on any atom is 0.0478 e. The summed E-state index contributed by atoms with van der Waals surface area (Å²) in [6.45, 7) is 6.71. The van der Waals surface area contributed by atoms with E-state index in [4.69, 9.17) is 0 Å². The van der Waals surface area contributed by atoms with Gasteiger partial charge in [-0.2, -0.15) is 0 Å². The first-order valence-electron chi connectivity index (χ1n) is 4.85. The molecule has 0 saturated heterocycles. The van der Waals surface area contributed by atoms with Gasteiger partial charge in [0.05, 0.1) is 0 Å². The Balaban J connectivity index is 3.14. The van der Waals surface area contributed by atoms with Gasteiger partial charge in [-0.3, -0.25) is 0 Å². The van der Waals surface area contributed by atoms with Crippen LogP contribution in [0.15, 0.2) is 23.1 Å². The van der Waals surface area contributed by atoms with E-state index in [0.717, 1.165) is 0 Å². The van der Waals surface area contributed by atoms with Gasteiger partial charge in [0.25, 0.3) is 0 Å². The second kappa shape index (κ2) is 4.26. The van der Waals surface area contributed by atoms with Crippen LogP contribution in [-0.2, 0) is 5.41 Å². The van der Waals surface area contributed by atoms with Gasteiger partial charge >= 0.3 is 0 Å². The molecule has 0 radical (unpaired) electrons.